The summed E-state index contributed by atoms with van der Waals surface area (Å²) in [7, 11) is 0. The first-order valence-corrected chi connectivity index (χ1v) is 7.84. The molecule has 0 bridgehead atoms. The Labute approximate surface area is 146 Å². The number of amidine groups is 1. The summed E-state index contributed by atoms with van der Waals surface area (Å²) in [6.07, 6.45) is 8.21. The lowest BCUT2D eigenvalue weighted by atomic mass is 10.1. The first-order valence-electron chi connectivity index (χ1n) is 7.84. The van der Waals surface area contributed by atoms with E-state index in [0.717, 1.165) is 22.5 Å². The highest BCUT2D eigenvalue weighted by atomic mass is 16.7. The summed E-state index contributed by atoms with van der Waals surface area (Å²) in [5.41, 5.74) is 5.72. The van der Waals surface area contributed by atoms with Gasteiger partial charge in [-0.25, -0.2) is 10.5 Å². The largest absolute Gasteiger partial charge is 0.342 e. The smallest absolute Gasteiger partial charge is 0.214 e. The molecule has 0 amide bonds. The number of hydroxylamine groups is 1. The van der Waals surface area contributed by atoms with Crippen molar-refractivity contribution in [2.75, 3.05) is 6.73 Å². The quantitative estimate of drug-likeness (QED) is 0.766. The van der Waals surface area contributed by atoms with Crippen molar-refractivity contribution in [3.8, 4) is 11.4 Å². The van der Waals surface area contributed by atoms with E-state index in [4.69, 9.17) is 4.84 Å². The summed E-state index contributed by atoms with van der Waals surface area (Å²) in [6.45, 7) is 6.39. The van der Waals surface area contributed by atoms with Crippen molar-refractivity contribution in [2.45, 2.75) is 20.8 Å². The van der Waals surface area contributed by atoms with Crippen LogP contribution in [0.1, 0.15) is 25.0 Å². The van der Waals surface area contributed by atoms with Gasteiger partial charge in [-0.1, -0.05) is 19.0 Å². The molecule has 1 aliphatic rings. The van der Waals surface area contributed by atoms with E-state index in [1.165, 1.54) is 6.39 Å². The van der Waals surface area contributed by atoms with Crippen LogP contribution >= 0.6 is 0 Å². The Kier molecular flexibility index (Phi) is 7.20. The molecule has 25 heavy (non-hydrogen) atoms. The molecule has 4 rings (SSSR count). The van der Waals surface area contributed by atoms with E-state index in [1.807, 2.05) is 39.0 Å². The molecular formula is C17H20N6O2. The Morgan fingerprint density at radius 1 is 1.08 bits per heavy atom. The number of hydrogen-bond acceptors (Lipinski definition) is 8. The topological polar surface area (TPSA) is 98.3 Å². The van der Waals surface area contributed by atoms with Crippen molar-refractivity contribution < 1.29 is 9.36 Å². The molecule has 4 heterocycles. The van der Waals surface area contributed by atoms with Gasteiger partial charge in [0.15, 0.2) is 12.6 Å². The van der Waals surface area contributed by atoms with Gasteiger partial charge in [-0.15, -0.1) is 0 Å². The van der Waals surface area contributed by atoms with E-state index >= 15 is 0 Å². The molecular weight excluding hydrogens is 320 g/mol. The summed E-state index contributed by atoms with van der Waals surface area (Å²) in [5, 5.41) is 3.66. The van der Waals surface area contributed by atoms with Gasteiger partial charge < -0.3 is 4.52 Å². The predicted octanol–water partition coefficient (Wildman–Crippen LogP) is 2.79. The molecule has 0 fully saturated rings. The van der Waals surface area contributed by atoms with Gasteiger partial charge in [0.25, 0.3) is 0 Å². The highest BCUT2D eigenvalue weighted by Gasteiger charge is 2.10. The number of hydrogen-bond donors (Lipinski definition) is 1. The number of aromatic nitrogens is 4. The number of rotatable bonds is 2. The van der Waals surface area contributed by atoms with Crippen LogP contribution in [-0.2, 0) is 4.84 Å². The Morgan fingerprint density at radius 3 is 2.52 bits per heavy atom. The monoisotopic (exact) mass is 340 g/mol. The fraction of sp³-hybridized carbons (Fsp3) is 0.235. The van der Waals surface area contributed by atoms with Crippen molar-refractivity contribution in [1.82, 2.24) is 25.6 Å². The molecule has 0 saturated carbocycles. The van der Waals surface area contributed by atoms with Crippen LogP contribution in [0, 0.1) is 6.92 Å². The van der Waals surface area contributed by atoms with E-state index < -0.39 is 0 Å². The second kappa shape index (κ2) is 9.89. The SMILES string of the molecule is CC.Cc1ccncc1C1=NCON1.c1cncc(-c2ncon2)c1. The van der Waals surface area contributed by atoms with Crippen molar-refractivity contribution in [3.05, 3.63) is 60.5 Å². The number of nitrogens with zero attached hydrogens (tertiary/aromatic N) is 5. The first kappa shape index (κ1) is 18.2. The number of pyridine rings is 2. The highest BCUT2D eigenvalue weighted by molar-refractivity contribution is 5.99. The van der Waals surface area contributed by atoms with Crippen LogP contribution in [0.4, 0.5) is 0 Å². The minimum atomic E-state index is 0.379. The lowest BCUT2D eigenvalue weighted by molar-refractivity contribution is 0.115. The van der Waals surface area contributed by atoms with E-state index in [1.54, 1.807) is 24.8 Å². The van der Waals surface area contributed by atoms with Crippen molar-refractivity contribution in [3.63, 3.8) is 0 Å². The Morgan fingerprint density at radius 2 is 1.92 bits per heavy atom. The molecule has 1 aliphatic heterocycles. The third-order valence-electron chi connectivity index (χ3n) is 3.03. The van der Waals surface area contributed by atoms with Gasteiger partial charge in [0, 0.05) is 35.9 Å². The summed E-state index contributed by atoms with van der Waals surface area (Å²) in [6, 6.07) is 5.64. The zero-order valence-corrected chi connectivity index (χ0v) is 14.4. The maximum Gasteiger partial charge on any atom is 0.214 e. The molecule has 0 radical (unpaired) electrons. The molecule has 130 valence electrons. The van der Waals surface area contributed by atoms with Gasteiger partial charge in [-0.2, -0.15) is 4.98 Å². The highest BCUT2D eigenvalue weighted by Crippen LogP contribution is 2.10. The van der Waals surface area contributed by atoms with Gasteiger partial charge in [-0.05, 0) is 30.7 Å². The fourth-order valence-electron chi connectivity index (χ4n) is 1.87. The molecule has 0 spiro atoms. The molecule has 0 unspecified atom stereocenters. The Hall–Kier alpha value is -3.13. The van der Waals surface area contributed by atoms with Gasteiger partial charge in [-0.3, -0.25) is 14.8 Å². The summed E-state index contributed by atoms with van der Waals surface area (Å²) >= 11 is 0. The fourth-order valence-corrected chi connectivity index (χ4v) is 1.87. The Balaban J connectivity index is 0.000000165. The van der Waals surface area contributed by atoms with Crippen LogP contribution in [0.5, 0.6) is 0 Å². The molecule has 3 aromatic heterocycles. The molecule has 0 saturated heterocycles. The average Bonchev–Trinajstić information content (AvgIpc) is 3.39. The van der Waals surface area contributed by atoms with E-state index in [2.05, 4.69) is 35.1 Å². The van der Waals surface area contributed by atoms with Crippen LogP contribution in [-0.4, -0.2) is 32.7 Å². The van der Waals surface area contributed by atoms with Crippen LogP contribution in [0.3, 0.4) is 0 Å². The first-order chi connectivity index (χ1) is 12.3. The standard InChI is InChI=1S/C8H9N3O.C7H5N3O.C2H6/c1-6-2-3-9-4-7(6)8-10-5-12-11-8;1-2-6(4-8-3-1)7-9-5-11-10-7;1-2/h2-4H,5H2,1H3,(H,10,11);1-5H;1-2H3. The molecule has 0 aromatic carbocycles. The van der Waals surface area contributed by atoms with Gasteiger partial charge in [0.2, 0.25) is 12.2 Å². The van der Waals surface area contributed by atoms with E-state index in [-0.39, 0.29) is 0 Å². The molecule has 0 aliphatic carbocycles. The number of aliphatic imine (C=N–C) groups is 1. The van der Waals surface area contributed by atoms with Crippen molar-refractivity contribution in [2.24, 2.45) is 4.99 Å². The van der Waals surface area contributed by atoms with Gasteiger partial charge in [0.1, 0.15) is 0 Å². The molecule has 3 aromatic rings. The second-order valence-electron chi connectivity index (χ2n) is 4.57. The summed E-state index contributed by atoms with van der Waals surface area (Å²) < 4.78 is 4.58. The summed E-state index contributed by atoms with van der Waals surface area (Å²) in [5.74, 6) is 1.33. The zero-order chi connectivity index (χ0) is 17.9. The maximum absolute atomic E-state index is 4.89. The normalized spacial score (nSPS) is 12.0. The minimum Gasteiger partial charge on any atom is -0.342 e. The molecule has 1 N–H and O–H groups in total. The maximum atomic E-state index is 4.89. The van der Waals surface area contributed by atoms with Crippen LogP contribution in [0.25, 0.3) is 11.4 Å². The zero-order valence-electron chi connectivity index (χ0n) is 14.4. The lowest BCUT2D eigenvalue weighted by Crippen LogP contribution is -2.18. The number of aryl methyl sites for hydroxylation is 1. The third-order valence-corrected chi connectivity index (χ3v) is 3.03. The Bertz CT molecular complexity index is 775. The van der Waals surface area contributed by atoms with Crippen molar-refractivity contribution >= 4 is 5.84 Å². The molecule has 0 atom stereocenters. The van der Waals surface area contributed by atoms with Crippen molar-refractivity contribution in [1.29, 1.82) is 0 Å². The summed E-state index contributed by atoms with van der Waals surface area (Å²) in [4.78, 5) is 20.8. The van der Waals surface area contributed by atoms with E-state index in [9.17, 15) is 0 Å². The lowest BCUT2D eigenvalue weighted by Gasteiger charge is -2.02. The van der Waals surface area contributed by atoms with Gasteiger partial charge >= 0.3 is 0 Å². The van der Waals surface area contributed by atoms with E-state index in [0.29, 0.717) is 12.6 Å². The second-order valence-corrected chi connectivity index (χ2v) is 4.57. The van der Waals surface area contributed by atoms with Crippen LogP contribution < -0.4 is 5.48 Å². The molecule has 8 nitrogen and oxygen atoms in total. The van der Waals surface area contributed by atoms with Crippen LogP contribution in [0.2, 0.25) is 0 Å². The third kappa shape index (κ3) is 5.18. The van der Waals surface area contributed by atoms with Gasteiger partial charge in [0.05, 0.1) is 0 Å². The molecule has 8 heteroatoms. The predicted molar refractivity (Wildman–Crippen MR) is 93.5 cm³/mol. The van der Waals surface area contributed by atoms with Crippen LogP contribution in [0.15, 0.2) is 58.9 Å². The number of nitrogens with one attached hydrogen (secondary N) is 1. The average molecular weight is 340 g/mol. The minimum absolute atomic E-state index is 0.379.